The molecule has 0 spiro atoms. The predicted molar refractivity (Wildman–Crippen MR) is 139 cm³/mol. The van der Waals surface area contributed by atoms with Crippen LogP contribution in [0.5, 0.6) is 0 Å². The number of hydrogen-bond acceptors (Lipinski definition) is 1. The van der Waals surface area contributed by atoms with Gasteiger partial charge in [0.1, 0.15) is 0 Å². The van der Waals surface area contributed by atoms with E-state index in [1.807, 2.05) is 6.20 Å². The Hall–Kier alpha value is -2.39. The molecule has 0 fully saturated rings. The Labute approximate surface area is 189 Å². The molecule has 0 aliphatic carbocycles. The van der Waals surface area contributed by atoms with Crippen molar-refractivity contribution in [2.24, 2.45) is 0 Å². The molecule has 31 heavy (non-hydrogen) atoms. The summed E-state index contributed by atoms with van der Waals surface area (Å²) in [5, 5.41) is 2.62. The normalized spacial score (nSPS) is 12.0. The minimum absolute atomic E-state index is 0.465. The van der Waals surface area contributed by atoms with Gasteiger partial charge in [-0.25, -0.2) is 0 Å². The number of fused-ring (bicyclic) bond motifs is 1. The van der Waals surface area contributed by atoms with E-state index in [0.717, 1.165) is 5.69 Å². The Kier molecular flexibility index (Phi) is 5.83. The van der Waals surface area contributed by atoms with E-state index in [1.54, 1.807) is 4.40 Å². The number of aryl methyl sites for hydroxylation is 2. The zero-order valence-electron chi connectivity index (χ0n) is 19.9. The van der Waals surface area contributed by atoms with Crippen LogP contribution >= 0.6 is 0 Å². The van der Waals surface area contributed by atoms with Crippen molar-refractivity contribution >= 4 is 28.4 Å². The fraction of sp³-hybridized carbons (Fsp3) is 0.276. The number of hydrogen-bond donors (Lipinski definition) is 0. The van der Waals surface area contributed by atoms with Gasteiger partial charge < -0.3 is 0 Å². The first-order valence-corrected chi connectivity index (χ1v) is 18.6. The molecule has 3 aromatic carbocycles. The van der Waals surface area contributed by atoms with Crippen molar-refractivity contribution in [2.75, 3.05) is 0 Å². The van der Waals surface area contributed by atoms with Crippen LogP contribution in [0.3, 0.4) is 0 Å². The maximum atomic E-state index is 4.84. The van der Waals surface area contributed by atoms with Gasteiger partial charge in [-0.3, -0.25) is 0 Å². The summed E-state index contributed by atoms with van der Waals surface area (Å²) in [6.07, 6.45) is 2.03. The molecule has 0 saturated carbocycles. The van der Waals surface area contributed by atoms with E-state index in [4.69, 9.17) is 4.98 Å². The van der Waals surface area contributed by atoms with Gasteiger partial charge in [0.2, 0.25) is 0 Å². The van der Waals surface area contributed by atoms with Gasteiger partial charge in [0, 0.05) is 0 Å². The van der Waals surface area contributed by atoms with Crippen molar-refractivity contribution in [3.05, 3.63) is 83.6 Å². The minimum atomic E-state index is -1.84. The van der Waals surface area contributed by atoms with E-state index in [9.17, 15) is 0 Å². The molecule has 0 aliphatic rings. The van der Waals surface area contributed by atoms with Crippen molar-refractivity contribution < 1.29 is 0 Å². The molecule has 1 nitrogen and oxygen atoms in total. The van der Waals surface area contributed by atoms with E-state index in [0.29, 0.717) is 5.92 Å². The SMILES string of the molecule is Cc1c[c]([Ge]([CH3])([CH3])[CH3])ccc1-c1cc(-c2cc(C(C)C)c3ccccc3c2)ncc1C. The number of aromatic nitrogens is 1. The van der Waals surface area contributed by atoms with Gasteiger partial charge in [-0.1, -0.05) is 6.07 Å². The fourth-order valence-electron chi connectivity index (χ4n) is 4.37. The first kappa shape index (κ1) is 21.8. The molecular weight excluding hydrogens is 435 g/mol. The van der Waals surface area contributed by atoms with Gasteiger partial charge in [-0.15, -0.1) is 0 Å². The molecule has 0 saturated heterocycles. The maximum absolute atomic E-state index is 4.84. The van der Waals surface area contributed by atoms with Crippen molar-refractivity contribution in [1.29, 1.82) is 0 Å². The molecule has 0 N–H and O–H groups in total. The second-order valence-corrected chi connectivity index (χ2v) is 20.8. The summed E-state index contributed by atoms with van der Waals surface area (Å²) in [7, 11) is 0. The third kappa shape index (κ3) is 4.34. The standard InChI is InChI=1S/C29H33GeN/c1-19(2)27-16-23(15-22-10-8-9-11-26(22)27)29-17-28(21(4)18-31-29)25-13-12-24(14-20(25)3)30(5,6)7/h8-19H,1-7H3. The molecule has 2 heteroatoms. The monoisotopic (exact) mass is 469 g/mol. The fourth-order valence-corrected chi connectivity index (χ4v) is 6.96. The number of nitrogens with zero attached hydrogens (tertiary/aromatic N) is 1. The Morgan fingerprint density at radius 2 is 1.52 bits per heavy atom. The predicted octanol–water partition coefficient (Wildman–Crippen LogP) is 7.85. The van der Waals surface area contributed by atoms with Crippen molar-refractivity contribution in [2.45, 2.75) is 50.9 Å². The first-order chi connectivity index (χ1) is 14.6. The Morgan fingerprint density at radius 3 is 2.19 bits per heavy atom. The van der Waals surface area contributed by atoms with Gasteiger partial charge in [-0.2, -0.15) is 0 Å². The average Bonchev–Trinajstić information content (AvgIpc) is 2.72. The van der Waals surface area contributed by atoms with Crippen LogP contribution in [0.25, 0.3) is 33.2 Å². The zero-order chi connectivity index (χ0) is 22.3. The number of benzene rings is 3. The van der Waals surface area contributed by atoms with E-state index >= 15 is 0 Å². The van der Waals surface area contributed by atoms with Crippen LogP contribution < -0.4 is 4.40 Å². The van der Waals surface area contributed by atoms with E-state index < -0.39 is 13.3 Å². The third-order valence-corrected chi connectivity index (χ3v) is 10.6. The van der Waals surface area contributed by atoms with Crippen LogP contribution in [0.4, 0.5) is 0 Å². The molecule has 158 valence electrons. The zero-order valence-corrected chi connectivity index (χ0v) is 22.0. The molecule has 4 rings (SSSR count). The van der Waals surface area contributed by atoms with Gasteiger partial charge in [0.05, 0.1) is 0 Å². The molecule has 4 aromatic rings. The summed E-state index contributed by atoms with van der Waals surface area (Å²) >= 11 is -1.84. The summed E-state index contributed by atoms with van der Waals surface area (Å²) in [6.45, 7) is 8.95. The Bertz CT molecular complexity index is 1260. The van der Waals surface area contributed by atoms with E-state index in [2.05, 4.69) is 106 Å². The van der Waals surface area contributed by atoms with Crippen LogP contribution in [0, 0.1) is 13.8 Å². The second-order valence-electron chi connectivity index (χ2n) is 10.1. The Morgan fingerprint density at radius 1 is 0.774 bits per heavy atom. The number of rotatable bonds is 4. The summed E-state index contributed by atoms with van der Waals surface area (Å²) in [5.41, 5.74) is 8.82. The molecular formula is C29H33GeN. The second kappa shape index (κ2) is 8.28. The van der Waals surface area contributed by atoms with E-state index in [1.165, 1.54) is 44.2 Å². The van der Waals surface area contributed by atoms with Crippen molar-refractivity contribution in [3.63, 3.8) is 0 Å². The van der Waals surface area contributed by atoms with Crippen LogP contribution in [-0.2, 0) is 0 Å². The van der Waals surface area contributed by atoms with Gasteiger partial charge in [-0.05, 0) is 0 Å². The van der Waals surface area contributed by atoms with Crippen LogP contribution in [0.2, 0.25) is 17.3 Å². The molecule has 1 aromatic heterocycles. The summed E-state index contributed by atoms with van der Waals surface area (Å²) < 4.78 is 1.56. The molecule has 0 aliphatic heterocycles. The average molecular weight is 468 g/mol. The topological polar surface area (TPSA) is 12.9 Å². The van der Waals surface area contributed by atoms with Gasteiger partial charge in [0.15, 0.2) is 0 Å². The molecule has 1 heterocycles. The molecule has 0 bridgehead atoms. The molecule has 0 unspecified atom stereocenters. The molecule has 0 amide bonds. The summed E-state index contributed by atoms with van der Waals surface area (Å²) in [4.78, 5) is 4.84. The van der Waals surface area contributed by atoms with Crippen LogP contribution in [-0.4, -0.2) is 18.3 Å². The summed E-state index contributed by atoms with van der Waals surface area (Å²) in [5.74, 6) is 7.83. The third-order valence-electron chi connectivity index (χ3n) is 6.30. The van der Waals surface area contributed by atoms with Gasteiger partial charge >= 0.3 is 184 Å². The van der Waals surface area contributed by atoms with Crippen LogP contribution in [0.1, 0.15) is 36.5 Å². The van der Waals surface area contributed by atoms with Crippen LogP contribution in [0.15, 0.2) is 66.9 Å². The van der Waals surface area contributed by atoms with Gasteiger partial charge in [0.25, 0.3) is 0 Å². The molecule has 0 radical (unpaired) electrons. The van der Waals surface area contributed by atoms with Crippen molar-refractivity contribution in [1.82, 2.24) is 4.98 Å². The quantitative estimate of drug-likeness (QED) is 0.278. The Balaban J connectivity index is 1.86. The van der Waals surface area contributed by atoms with Crippen molar-refractivity contribution in [3.8, 4) is 22.4 Å². The van der Waals surface area contributed by atoms with E-state index in [-0.39, 0.29) is 0 Å². The first-order valence-electron chi connectivity index (χ1n) is 11.3. The number of pyridine rings is 1. The summed E-state index contributed by atoms with van der Waals surface area (Å²) in [6, 6.07) is 22.7. The molecule has 0 atom stereocenters.